The van der Waals surface area contributed by atoms with E-state index in [2.05, 4.69) is 27.6 Å². The average Bonchev–Trinajstić information content (AvgIpc) is 2.81. The summed E-state index contributed by atoms with van der Waals surface area (Å²) in [6.45, 7) is 0. The summed E-state index contributed by atoms with van der Waals surface area (Å²) in [4.78, 5) is 4.27. The molecule has 4 heteroatoms. The third-order valence-electron chi connectivity index (χ3n) is 1.96. The molecule has 1 saturated carbocycles. The van der Waals surface area contributed by atoms with E-state index in [9.17, 15) is 0 Å². The van der Waals surface area contributed by atoms with Crippen molar-refractivity contribution < 1.29 is 0 Å². The van der Waals surface area contributed by atoms with Crippen molar-refractivity contribution in [2.24, 2.45) is 0 Å². The van der Waals surface area contributed by atoms with Crippen LogP contribution in [0.1, 0.15) is 24.5 Å². The molecule has 0 amide bonds. The molecule has 1 aromatic rings. The zero-order valence-electron chi connectivity index (χ0n) is 6.35. The molecule has 0 atom stereocenters. The minimum Gasteiger partial charge on any atom is -0.398 e. The number of aromatic nitrogens is 1. The maximum absolute atomic E-state index is 5.89. The Kier molecular flexibility index (Phi) is 2.16. The highest BCUT2D eigenvalue weighted by molar-refractivity contribution is 14.1. The summed E-state index contributed by atoms with van der Waals surface area (Å²) >= 11 is 8.00. The van der Waals surface area contributed by atoms with Crippen LogP contribution in [0, 0.1) is 3.57 Å². The van der Waals surface area contributed by atoms with Crippen molar-refractivity contribution in [1.29, 1.82) is 0 Å². The highest BCUT2D eigenvalue weighted by Crippen LogP contribution is 2.40. The summed E-state index contributed by atoms with van der Waals surface area (Å²) in [6, 6.07) is 1.94. The molecule has 0 aliphatic heterocycles. The fourth-order valence-electron chi connectivity index (χ4n) is 1.12. The second kappa shape index (κ2) is 3.03. The van der Waals surface area contributed by atoms with Crippen LogP contribution in [0.5, 0.6) is 0 Å². The van der Waals surface area contributed by atoms with Crippen molar-refractivity contribution in [2.45, 2.75) is 18.8 Å². The third kappa shape index (κ3) is 1.52. The summed E-state index contributed by atoms with van der Waals surface area (Å²) in [5.74, 6) is 0.613. The van der Waals surface area contributed by atoms with Crippen LogP contribution >= 0.6 is 34.2 Å². The lowest BCUT2D eigenvalue weighted by molar-refractivity contribution is 1.02. The highest BCUT2D eigenvalue weighted by atomic mass is 127. The highest BCUT2D eigenvalue weighted by Gasteiger charge is 2.26. The quantitative estimate of drug-likeness (QED) is 0.639. The molecule has 0 radical (unpaired) electrons. The normalized spacial score (nSPS) is 16.5. The molecule has 64 valence electrons. The van der Waals surface area contributed by atoms with Crippen molar-refractivity contribution in [2.75, 3.05) is 5.73 Å². The largest absolute Gasteiger partial charge is 0.398 e. The lowest BCUT2D eigenvalue weighted by Crippen LogP contribution is -1.96. The van der Waals surface area contributed by atoms with Gasteiger partial charge in [-0.2, -0.15) is 0 Å². The second-order valence-electron chi connectivity index (χ2n) is 3.02. The van der Waals surface area contributed by atoms with Crippen LogP contribution in [0.15, 0.2) is 6.07 Å². The van der Waals surface area contributed by atoms with Gasteiger partial charge < -0.3 is 5.73 Å². The fourth-order valence-corrected chi connectivity index (χ4v) is 1.61. The number of nitrogens with two attached hydrogens (primary N) is 1. The van der Waals surface area contributed by atoms with E-state index in [1.54, 1.807) is 0 Å². The molecular formula is C8H8ClIN2. The Bertz CT molecular complexity index is 300. The van der Waals surface area contributed by atoms with Crippen LogP contribution in [0.25, 0.3) is 0 Å². The Hall–Kier alpha value is -0.0300. The molecule has 0 aromatic carbocycles. The van der Waals surface area contributed by atoms with Gasteiger partial charge in [-0.1, -0.05) is 11.6 Å². The first-order valence-electron chi connectivity index (χ1n) is 3.80. The van der Waals surface area contributed by atoms with Crippen LogP contribution in [0.2, 0.25) is 5.15 Å². The molecule has 1 heterocycles. The molecule has 2 nitrogen and oxygen atoms in total. The molecule has 0 spiro atoms. The van der Waals surface area contributed by atoms with E-state index in [0.29, 0.717) is 11.1 Å². The molecule has 1 aliphatic rings. The molecule has 1 fully saturated rings. The number of halogens is 2. The van der Waals surface area contributed by atoms with E-state index in [1.807, 2.05) is 6.07 Å². The molecule has 2 rings (SSSR count). The maximum atomic E-state index is 5.89. The monoisotopic (exact) mass is 294 g/mol. The predicted octanol–water partition coefficient (Wildman–Crippen LogP) is 2.80. The van der Waals surface area contributed by atoms with Crippen LogP contribution < -0.4 is 5.73 Å². The molecular weight excluding hydrogens is 286 g/mol. The van der Waals surface area contributed by atoms with E-state index in [0.717, 1.165) is 15.0 Å². The zero-order valence-corrected chi connectivity index (χ0v) is 9.26. The van der Waals surface area contributed by atoms with Crippen LogP contribution in [-0.4, -0.2) is 4.98 Å². The Morgan fingerprint density at radius 1 is 1.58 bits per heavy atom. The first-order valence-corrected chi connectivity index (χ1v) is 5.25. The molecule has 12 heavy (non-hydrogen) atoms. The molecule has 0 saturated heterocycles. The van der Waals surface area contributed by atoms with Gasteiger partial charge >= 0.3 is 0 Å². The predicted molar refractivity (Wildman–Crippen MR) is 58.4 cm³/mol. The van der Waals surface area contributed by atoms with E-state index in [4.69, 9.17) is 17.3 Å². The molecule has 0 unspecified atom stereocenters. The smallest absolute Gasteiger partial charge is 0.144 e. The van der Waals surface area contributed by atoms with Crippen LogP contribution in [-0.2, 0) is 0 Å². The van der Waals surface area contributed by atoms with Crippen LogP contribution in [0.3, 0.4) is 0 Å². The summed E-state index contributed by atoms with van der Waals surface area (Å²) in [5.41, 5.74) is 7.56. The summed E-state index contributed by atoms with van der Waals surface area (Å²) in [7, 11) is 0. The van der Waals surface area contributed by atoms with Gasteiger partial charge in [0.25, 0.3) is 0 Å². The Morgan fingerprint density at radius 3 is 2.75 bits per heavy atom. The van der Waals surface area contributed by atoms with Crippen molar-refractivity contribution in [3.8, 4) is 0 Å². The second-order valence-corrected chi connectivity index (χ2v) is 4.45. The van der Waals surface area contributed by atoms with E-state index < -0.39 is 0 Å². The van der Waals surface area contributed by atoms with Crippen LogP contribution in [0.4, 0.5) is 5.69 Å². The van der Waals surface area contributed by atoms with E-state index in [-0.39, 0.29) is 0 Å². The van der Waals surface area contributed by atoms with Gasteiger partial charge in [0.15, 0.2) is 0 Å². The van der Waals surface area contributed by atoms with Gasteiger partial charge in [-0.25, -0.2) is 4.98 Å². The third-order valence-corrected chi connectivity index (χ3v) is 3.69. The molecule has 1 aliphatic carbocycles. The minimum absolute atomic E-state index is 0.539. The number of hydrogen-bond acceptors (Lipinski definition) is 2. The van der Waals surface area contributed by atoms with Gasteiger partial charge in [0.2, 0.25) is 0 Å². The first-order chi connectivity index (χ1) is 5.68. The summed E-state index contributed by atoms with van der Waals surface area (Å²) < 4.78 is 0.860. The number of pyridine rings is 1. The van der Waals surface area contributed by atoms with Crippen molar-refractivity contribution in [1.82, 2.24) is 4.98 Å². The standard InChI is InChI=1S/C8H8ClIN2/c9-8-7(10)5(11)3-6(12-8)4-1-2-4/h3-4H,1-2H2,(H2,11,12). The minimum atomic E-state index is 0.539. The number of anilines is 1. The average molecular weight is 295 g/mol. The lowest BCUT2D eigenvalue weighted by atomic mass is 10.2. The Balaban J connectivity index is 2.45. The lowest BCUT2D eigenvalue weighted by Gasteiger charge is -2.03. The van der Waals surface area contributed by atoms with E-state index in [1.165, 1.54) is 12.8 Å². The van der Waals surface area contributed by atoms with Gasteiger partial charge in [-0.05, 0) is 41.5 Å². The summed E-state index contributed by atoms with van der Waals surface area (Å²) in [5, 5.41) is 0.539. The molecule has 1 aromatic heterocycles. The Labute approximate surface area is 89.6 Å². The summed E-state index contributed by atoms with van der Waals surface area (Å²) in [6.07, 6.45) is 2.45. The number of hydrogen-bond donors (Lipinski definition) is 1. The van der Waals surface area contributed by atoms with Gasteiger partial charge in [0, 0.05) is 17.3 Å². The topological polar surface area (TPSA) is 38.9 Å². The fraction of sp³-hybridized carbons (Fsp3) is 0.375. The maximum Gasteiger partial charge on any atom is 0.144 e. The number of nitrogens with zero attached hydrogens (tertiary/aromatic N) is 1. The Morgan fingerprint density at radius 2 is 2.25 bits per heavy atom. The van der Waals surface area contributed by atoms with Crippen molar-refractivity contribution >= 4 is 39.9 Å². The molecule has 0 bridgehead atoms. The van der Waals surface area contributed by atoms with Gasteiger partial charge in [0.1, 0.15) is 5.15 Å². The number of rotatable bonds is 1. The first kappa shape index (κ1) is 8.56. The van der Waals surface area contributed by atoms with Crippen molar-refractivity contribution in [3.63, 3.8) is 0 Å². The van der Waals surface area contributed by atoms with E-state index >= 15 is 0 Å². The van der Waals surface area contributed by atoms with Gasteiger partial charge in [-0.15, -0.1) is 0 Å². The van der Waals surface area contributed by atoms with Crippen molar-refractivity contribution in [3.05, 3.63) is 20.5 Å². The SMILES string of the molecule is Nc1cc(C2CC2)nc(Cl)c1I. The van der Waals surface area contributed by atoms with Gasteiger partial charge in [0.05, 0.1) is 3.57 Å². The van der Waals surface area contributed by atoms with Gasteiger partial charge in [-0.3, -0.25) is 0 Å². The molecule has 2 N–H and O–H groups in total. The number of nitrogen functional groups attached to an aromatic ring is 1. The zero-order chi connectivity index (χ0) is 8.72.